The van der Waals surface area contributed by atoms with E-state index in [4.69, 9.17) is 5.73 Å². The fourth-order valence-corrected chi connectivity index (χ4v) is 1.74. The first-order valence-electron chi connectivity index (χ1n) is 4.85. The molecule has 1 heterocycles. The Hall–Kier alpha value is -2.04. The highest BCUT2D eigenvalue weighted by molar-refractivity contribution is 6.02. The third-order valence-electron chi connectivity index (χ3n) is 2.64. The Kier molecular flexibility index (Phi) is 2.30. The number of nitrogens with two attached hydrogens (primary N) is 1. The molecule has 0 atom stereocenters. The molecule has 0 unspecified atom stereocenters. The standard InChI is InChI=1S/C11H13N3O2/c1-6-8-5-14(2)13-9(8)4-7(10(6)12)11(15)16-3/h4-5H,12H2,1-3H3. The summed E-state index contributed by atoms with van der Waals surface area (Å²) in [6, 6.07) is 1.66. The zero-order valence-corrected chi connectivity index (χ0v) is 9.44. The van der Waals surface area contributed by atoms with Gasteiger partial charge in [-0.15, -0.1) is 0 Å². The Morgan fingerprint density at radius 2 is 2.25 bits per heavy atom. The Morgan fingerprint density at radius 1 is 1.56 bits per heavy atom. The molecule has 0 saturated heterocycles. The predicted octanol–water partition coefficient (Wildman–Crippen LogP) is 1.25. The molecule has 1 aromatic heterocycles. The number of esters is 1. The molecule has 2 N–H and O–H groups in total. The molecule has 5 nitrogen and oxygen atoms in total. The molecular weight excluding hydrogens is 206 g/mol. The minimum atomic E-state index is -0.437. The number of anilines is 1. The number of rotatable bonds is 1. The van der Waals surface area contributed by atoms with Crippen molar-refractivity contribution < 1.29 is 9.53 Å². The van der Waals surface area contributed by atoms with Gasteiger partial charge < -0.3 is 10.5 Å². The summed E-state index contributed by atoms with van der Waals surface area (Å²) in [5, 5.41) is 5.20. The number of hydrogen-bond acceptors (Lipinski definition) is 4. The average Bonchev–Trinajstić information content (AvgIpc) is 2.63. The summed E-state index contributed by atoms with van der Waals surface area (Å²) in [6.07, 6.45) is 1.88. The maximum absolute atomic E-state index is 11.5. The Balaban J connectivity index is 2.77. The van der Waals surface area contributed by atoms with Crippen LogP contribution in [0.25, 0.3) is 10.9 Å². The van der Waals surface area contributed by atoms with Crippen LogP contribution in [-0.2, 0) is 11.8 Å². The molecule has 16 heavy (non-hydrogen) atoms. The van der Waals surface area contributed by atoms with E-state index in [-0.39, 0.29) is 0 Å². The molecule has 0 bridgehead atoms. The van der Waals surface area contributed by atoms with E-state index in [1.165, 1.54) is 7.11 Å². The molecule has 0 fully saturated rings. The normalized spacial score (nSPS) is 10.7. The zero-order valence-electron chi connectivity index (χ0n) is 9.44. The van der Waals surface area contributed by atoms with Crippen molar-refractivity contribution in [3.8, 4) is 0 Å². The van der Waals surface area contributed by atoms with Crippen molar-refractivity contribution in [1.29, 1.82) is 0 Å². The van der Waals surface area contributed by atoms with Gasteiger partial charge in [0.05, 0.1) is 18.2 Å². The van der Waals surface area contributed by atoms with Gasteiger partial charge in [-0.3, -0.25) is 4.68 Å². The van der Waals surface area contributed by atoms with E-state index < -0.39 is 5.97 Å². The molecule has 5 heteroatoms. The molecule has 84 valence electrons. The number of nitrogens with zero attached hydrogens (tertiary/aromatic N) is 2. The van der Waals surface area contributed by atoms with E-state index >= 15 is 0 Å². The molecule has 2 aromatic rings. The quantitative estimate of drug-likeness (QED) is 0.579. The maximum Gasteiger partial charge on any atom is 0.340 e. The lowest BCUT2D eigenvalue weighted by molar-refractivity contribution is 0.0602. The summed E-state index contributed by atoms with van der Waals surface area (Å²) in [7, 11) is 3.16. The first kappa shape index (κ1) is 10.5. The number of carbonyl (C=O) groups excluding carboxylic acids is 1. The van der Waals surface area contributed by atoms with E-state index in [0.29, 0.717) is 11.3 Å². The van der Waals surface area contributed by atoms with Gasteiger partial charge in [-0.2, -0.15) is 5.10 Å². The second-order valence-corrected chi connectivity index (χ2v) is 3.69. The van der Waals surface area contributed by atoms with Gasteiger partial charge >= 0.3 is 5.97 Å². The zero-order chi connectivity index (χ0) is 11.9. The van der Waals surface area contributed by atoms with Gasteiger partial charge in [0.15, 0.2) is 0 Å². The lowest BCUT2D eigenvalue weighted by Crippen LogP contribution is -2.07. The van der Waals surface area contributed by atoms with Gasteiger partial charge in [-0.05, 0) is 18.6 Å². The van der Waals surface area contributed by atoms with Crippen molar-refractivity contribution in [2.45, 2.75) is 6.92 Å². The topological polar surface area (TPSA) is 70.1 Å². The predicted molar refractivity (Wildman–Crippen MR) is 61.2 cm³/mol. The molecule has 2 rings (SSSR count). The lowest BCUT2D eigenvalue weighted by Gasteiger charge is -2.07. The number of benzene rings is 1. The number of methoxy groups -OCH3 is 1. The molecule has 0 spiro atoms. The van der Waals surface area contributed by atoms with E-state index in [1.54, 1.807) is 10.7 Å². The monoisotopic (exact) mass is 219 g/mol. The number of aryl methyl sites for hydroxylation is 2. The van der Waals surface area contributed by atoms with Crippen LogP contribution in [0.2, 0.25) is 0 Å². The van der Waals surface area contributed by atoms with Crippen LogP contribution >= 0.6 is 0 Å². The molecule has 1 aromatic carbocycles. The smallest absolute Gasteiger partial charge is 0.340 e. The summed E-state index contributed by atoms with van der Waals surface area (Å²) in [5.74, 6) is -0.437. The summed E-state index contributed by atoms with van der Waals surface area (Å²) >= 11 is 0. The Labute approximate surface area is 92.8 Å². The highest BCUT2D eigenvalue weighted by Gasteiger charge is 2.16. The van der Waals surface area contributed by atoms with Crippen LogP contribution in [0.3, 0.4) is 0 Å². The summed E-state index contributed by atoms with van der Waals surface area (Å²) in [6.45, 7) is 1.87. The van der Waals surface area contributed by atoms with Gasteiger partial charge in [-0.25, -0.2) is 4.79 Å². The largest absolute Gasteiger partial charge is 0.465 e. The third kappa shape index (κ3) is 1.41. The van der Waals surface area contributed by atoms with Crippen LogP contribution in [-0.4, -0.2) is 22.9 Å². The molecular formula is C11H13N3O2. The summed E-state index contributed by atoms with van der Waals surface area (Å²) in [4.78, 5) is 11.5. The third-order valence-corrected chi connectivity index (χ3v) is 2.64. The molecule has 0 amide bonds. The SMILES string of the molecule is COC(=O)c1cc2nn(C)cc2c(C)c1N. The van der Waals surface area contributed by atoms with Crippen molar-refractivity contribution in [3.05, 3.63) is 23.4 Å². The number of fused-ring (bicyclic) bond motifs is 1. The minimum absolute atomic E-state index is 0.367. The van der Waals surface area contributed by atoms with Gasteiger partial charge in [-0.1, -0.05) is 0 Å². The van der Waals surface area contributed by atoms with Gasteiger partial charge in [0.1, 0.15) is 0 Å². The number of aromatic nitrogens is 2. The maximum atomic E-state index is 11.5. The van der Waals surface area contributed by atoms with Crippen LogP contribution in [0, 0.1) is 6.92 Å². The number of hydrogen-bond donors (Lipinski definition) is 1. The Morgan fingerprint density at radius 3 is 2.88 bits per heavy atom. The summed E-state index contributed by atoms with van der Waals surface area (Å²) in [5.41, 5.74) is 8.31. The highest BCUT2D eigenvalue weighted by atomic mass is 16.5. The van der Waals surface area contributed by atoms with Crippen LogP contribution in [0.4, 0.5) is 5.69 Å². The van der Waals surface area contributed by atoms with Crippen molar-refractivity contribution in [3.63, 3.8) is 0 Å². The van der Waals surface area contributed by atoms with Crippen molar-refractivity contribution >= 4 is 22.6 Å². The van der Waals surface area contributed by atoms with Gasteiger partial charge in [0.25, 0.3) is 0 Å². The first-order chi connectivity index (χ1) is 7.54. The Bertz CT molecular complexity index is 572. The van der Waals surface area contributed by atoms with E-state index in [9.17, 15) is 4.79 Å². The van der Waals surface area contributed by atoms with E-state index in [2.05, 4.69) is 9.84 Å². The van der Waals surface area contributed by atoms with E-state index in [0.717, 1.165) is 16.5 Å². The van der Waals surface area contributed by atoms with E-state index in [1.807, 2.05) is 20.2 Å². The number of ether oxygens (including phenoxy) is 1. The van der Waals surface area contributed by atoms with Crippen molar-refractivity contribution in [1.82, 2.24) is 9.78 Å². The molecule has 0 saturated carbocycles. The van der Waals surface area contributed by atoms with Gasteiger partial charge in [0, 0.05) is 24.3 Å². The second-order valence-electron chi connectivity index (χ2n) is 3.69. The minimum Gasteiger partial charge on any atom is -0.465 e. The van der Waals surface area contributed by atoms with Crippen LogP contribution in [0.15, 0.2) is 12.3 Å². The number of carbonyl (C=O) groups is 1. The van der Waals surface area contributed by atoms with Gasteiger partial charge in [0.2, 0.25) is 0 Å². The second kappa shape index (κ2) is 3.52. The molecule has 0 aliphatic heterocycles. The fraction of sp³-hybridized carbons (Fsp3) is 0.273. The molecule has 0 aliphatic rings. The summed E-state index contributed by atoms with van der Waals surface area (Å²) < 4.78 is 6.37. The lowest BCUT2D eigenvalue weighted by atomic mass is 10.0. The first-order valence-corrected chi connectivity index (χ1v) is 4.85. The molecule has 0 aliphatic carbocycles. The van der Waals surface area contributed by atoms with Crippen molar-refractivity contribution in [2.75, 3.05) is 12.8 Å². The van der Waals surface area contributed by atoms with Crippen LogP contribution in [0.5, 0.6) is 0 Å². The fourth-order valence-electron chi connectivity index (χ4n) is 1.74. The highest BCUT2D eigenvalue weighted by Crippen LogP contribution is 2.26. The van der Waals surface area contributed by atoms with Crippen LogP contribution < -0.4 is 5.73 Å². The average molecular weight is 219 g/mol. The van der Waals surface area contributed by atoms with Crippen molar-refractivity contribution in [2.24, 2.45) is 7.05 Å². The number of nitrogen functional groups attached to an aromatic ring is 1. The molecule has 0 radical (unpaired) electrons. The van der Waals surface area contributed by atoms with Crippen LogP contribution in [0.1, 0.15) is 15.9 Å².